The van der Waals surface area contributed by atoms with Crippen LogP contribution < -0.4 is 0 Å². The summed E-state index contributed by atoms with van der Waals surface area (Å²) in [7, 11) is 0. The van der Waals surface area contributed by atoms with Gasteiger partial charge in [-0.05, 0) is 31.5 Å². The van der Waals surface area contributed by atoms with E-state index < -0.39 is 5.97 Å². The van der Waals surface area contributed by atoms with Gasteiger partial charge in [0.1, 0.15) is 11.5 Å². The first-order valence-corrected chi connectivity index (χ1v) is 7.94. The number of pyridine rings is 1. The first kappa shape index (κ1) is 15.7. The first-order valence-electron chi connectivity index (χ1n) is 7.94. The molecule has 1 unspecified atom stereocenters. The number of aromatic nitrogens is 2. The van der Waals surface area contributed by atoms with Crippen molar-refractivity contribution in [3.05, 3.63) is 47.1 Å². The highest BCUT2D eigenvalue weighted by Crippen LogP contribution is 2.33. The average Bonchev–Trinajstić information content (AvgIpc) is 3.16. The Labute approximate surface area is 135 Å². The first-order chi connectivity index (χ1) is 11.1. The Bertz CT molecular complexity index is 696. The third-order valence-corrected chi connectivity index (χ3v) is 4.29. The highest BCUT2D eigenvalue weighted by molar-refractivity contribution is 5.88. The lowest BCUT2D eigenvalue weighted by Gasteiger charge is -2.22. The molecule has 23 heavy (non-hydrogen) atoms. The smallest absolute Gasteiger partial charge is 0.337 e. The highest BCUT2D eigenvalue weighted by Gasteiger charge is 2.30. The van der Waals surface area contributed by atoms with Gasteiger partial charge < -0.3 is 9.63 Å². The zero-order valence-corrected chi connectivity index (χ0v) is 13.4. The maximum Gasteiger partial charge on any atom is 0.337 e. The van der Waals surface area contributed by atoms with Gasteiger partial charge in [-0.15, -0.1) is 0 Å². The van der Waals surface area contributed by atoms with Gasteiger partial charge in [-0.1, -0.05) is 19.0 Å². The van der Waals surface area contributed by atoms with Crippen molar-refractivity contribution in [1.29, 1.82) is 0 Å². The molecule has 3 rings (SSSR count). The fraction of sp³-hybridized carbons (Fsp3) is 0.471. The molecule has 6 heteroatoms. The molecule has 0 radical (unpaired) electrons. The second-order valence-electron chi connectivity index (χ2n) is 6.24. The summed E-state index contributed by atoms with van der Waals surface area (Å²) >= 11 is 0. The summed E-state index contributed by atoms with van der Waals surface area (Å²) in [4.78, 5) is 17.8. The van der Waals surface area contributed by atoms with E-state index in [0.29, 0.717) is 18.2 Å². The van der Waals surface area contributed by atoms with Crippen LogP contribution in [0, 0.1) is 0 Å². The van der Waals surface area contributed by atoms with Crippen molar-refractivity contribution < 1.29 is 14.4 Å². The Morgan fingerprint density at radius 1 is 1.52 bits per heavy atom. The van der Waals surface area contributed by atoms with Crippen LogP contribution >= 0.6 is 0 Å². The monoisotopic (exact) mass is 315 g/mol. The fourth-order valence-corrected chi connectivity index (χ4v) is 3.03. The molecular weight excluding hydrogens is 294 g/mol. The lowest BCUT2D eigenvalue weighted by Crippen LogP contribution is -2.24. The lowest BCUT2D eigenvalue weighted by atomic mass is 10.1. The number of carboxylic acids is 1. The molecule has 1 aliphatic heterocycles. The van der Waals surface area contributed by atoms with Crippen LogP contribution in [-0.4, -0.2) is 32.7 Å². The topological polar surface area (TPSA) is 79.5 Å². The van der Waals surface area contributed by atoms with Crippen LogP contribution in [-0.2, 0) is 6.54 Å². The minimum atomic E-state index is -0.938. The predicted octanol–water partition coefficient (Wildman–Crippen LogP) is 3.23. The van der Waals surface area contributed by atoms with E-state index in [2.05, 4.69) is 28.9 Å². The van der Waals surface area contributed by atoms with Crippen LogP contribution in [0.25, 0.3) is 0 Å². The molecule has 0 saturated carbocycles. The van der Waals surface area contributed by atoms with E-state index in [1.807, 2.05) is 6.07 Å². The third kappa shape index (κ3) is 3.27. The number of hydrogen-bond donors (Lipinski definition) is 1. The normalized spacial score (nSPS) is 18.7. The maximum atomic E-state index is 11.3. The van der Waals surface area contributed by atoms with Crippen LogP contribution in [0.15, 0.2) is 28.9 Å². The zero-order valence-electron chi connectivity index (χ0n) is 13.4. The van der Waals surface area contributed by atoms with Gasteiger partial charge >= 0.3 is 5.97 Å². The molecule has 1 saturated heterocycles. The minimum Gasteiger partial charge on any atom is -0.478 e. The predicted molar refractivity (Wildman–Crippen MR) is 84.2 cm³/mol. The van der Waals surface area contributed by atoms with Gasteiger partial charge in [0.25, 0.3) is 0 Å². The summed E-state index contributed by atoms with van der Waals surface area (Å²) in [6.07, 6.45) is 3.70. The minimum absolute atomic E-state index is 0.162. The van der Waals surface area contributed by atoms with Gasteiger partial charge in [0.15, 0.2) is 0 Å². The fourth-order valence-electron chi connectivity index (χ4n) is 3.03. The van der Waals surface area contributed by atoms with Gasteiger partial charge in [-0.3, -0.25) is 9.88 Å². The lowest BCUT2D eigenvalue weighted by molar-refractivity contribution is 0.0693. The summed E-state index contributed by atoms with van der Waals surface area (Å²) in [5.74, 6) is 0.254. The molecule has 0 bridgehead atoms. The number of rotatable bonds is 5. The van der Waals surface area contributed by atoms with Crippen molar-refractivity contribution in [1.82, 2.24) is 15.0 Å². The largest absolute Gasteiger partial charge is 0.478 e. The van der Waals surface area contributed by atoms with Crippen LogP contribution in [0.4, 0.5) is 0 Å². The van der Waals surface area contributed by atoms with Crippen molar-refractivity contribution in [3.63, 3.8) is 0 Å². The van der Waals surface area contributed by atoms with E-state index in [0.717, 1.165) is 30.8 Å². The van der Waals surface area contributed by atoms with Gasteiger partial charge in [0, 0.05) is 24.7 Å². The van der Waals surface area contributed by atoms with Crippen molar-refractivity contribution in [2.75, 3.05) is 6.54 Å². The molecule has 1 N–H and O–H groups in total. The molecule has 1 atom stereocenters. The molecule has 1 fully saturated rings. The Hall–Kier alpha value is -2.21. The molecule has 1 aliphatic rings. The summed E-state index contributed by atoms with van der Waals surface area (Å²) in [5, 5.41) is 13.5. The number of likely N-dealkylation sites (tertiary alicyclic amines) is 1. The molecule has 0 amide bonds. The van der Waals surface area contributed by atoms with Gasteiger partial charge in [0.05, 0.1) is 17.3 Å². The molecule has 0 spiro atoms. The van der Waals surface area contributed by atoms with Crippen LogP contribution in [0.1, 0.15) is 66.2 Å². The Morgan fingerprint density at radius 2 is 2.35 bits per heavy atom. The Kier molecular flexibility index (Phi) is 4.43. The summed E-state index contributed by atoms with van der Waals surface area (Å²) in [6.45, 7) is 5.56. The van der Waals surface area contributed by atoms with E-state index in [1.54, 1.807) is 18.3 Å². The maximum absolute atomic E-state index is 11.3. The van der Waals surface area contributed by atoms with Crippen molar-refractivity contribution in [2.24, 2.45) is 0 Å². The molecule has 2 aromatic rings. The molecular formula is C17H21N3O3. The van der Waals surface area contributed by atoms with Gasteiger partial charge in [0.2, 0.25) is 0 Å². The van der Waals surface area contributed by atoms with Crippen LogP contribution in [0.2, 0.25) is 0 Å². The quantitative estimate of drug-likeness (QED) is 0.912. The van der Waals surface area contributed by atoms with Gasteiger partial charge in [-0.2, -0.15) is 0 Å². The summed E-state index contributed by atoms with van der Waals surface area (Å²) in [5.41, 5.74) is 1.79. The highest BCUT2D eigenvalue weighted by atomic mass is 16.5. The third-order valence-electron chi connectivity index (χ3n) is 4.29. The van der Waals surface area contributed by atoms with Crippen LogP contribution in [0.5, 0.6) is 0 Å². The number of carboxylic acid groups (broad SMARTS) is 1. The molecule has 0 aliphatic carbocycles. The number of hydrogen-bond acceptors (Lipinski definition) is 5. The number of aromatic carboxylic acids is 1. The van der Waals surface area contributed by atoms with Crippen molar-refractivity contribution >= 4 is 5.97 Å². The summed E-state index contributed by atoms with van der Waals surface area (Å²) in [6, 6.07) is 5.43. The molecule has 6 nitrogen and oxygen atoms in total. The van der Waals surface area contributed by atoms with E-state index in [4.69, 9.17) is 4.52 Å². The van der Waals surface area contributed by atoms with Crippen molar-refractivity contribution in [3.8, 4) is 0 Å². The van der Waals surface area contributed by atoms with E-state index >= 15 is 0 Å². The van der Waals surface area contributed by atoms with Gasteiger partial charge in [-0.25, -0.2) is 4.79 Å². The van der Waals surface area contributed by atoms with E-state index in [1.165, 1.54) is 0 Å². The van der Waals surface area contributed by atoms with Crippen molar-refractivity contribution in [2.45, 2.75) is 45.2 Å². The second kappa shape index (κ2) is 6.50. The standard InChI is InChI=1S/C17H21N3O3/c1-11(2)16-9-13(19-23-16)15-6-4-8-20(15)10-14-12(17(21)22)5-3-7-18-14/h3,5,7,9,11,15H,4,6,8,10H2,1-2H3,(H,21,22). The van der Waals surface area contributed by atoms with Crippen LogP contribution in [0.3, 0.4) is 0 Å². The SMILES string of the molecule is CC(C)c1cc(C2CCCN2Cc2ncccc2C(=O)O)no1. The Balaban J connectivity index is 1.81. The van der Waals surface area contributed by atoms with E-state index in [-0.39, 0.29) is 11.6 Å². The number of nitrogens with zero attached hydrogens (tertiary/aromatic N) is 3. The second-order valence-corrected chi connectivity index (χ2v) is 6.24. The zero-order chi connectivity index (χ0) is 16.4. The molecule has 2 aromatic heterocycles. The number of carbonyl (C=O) groups is 1. The Morgan fingerprint density at radius 3 is 3.04 bits per heavy atom. The average molecular weight is 315 g/mol. The molecule has 3 heterocycles. The van der Waals surface area contributed by atoms with E-state index in [9.17, 15) is 9.90 Å². The molecule has 122 valence electrons. The molecule has 0 aromatic carbocycles. The summed E-state index contributed by atoms with van der Waals surface area (Å²) < 4.78 is 5.41.